The molecule has 0 saturated heterocycles. The Morgan fingerprint density at radius 3 is 2.58 bits per heavy atom. The Kier molecular flexibility index (Phi) is 8.83. The van der Waals surface area contributed by atoms with Crippen molar-refractivity contribution < 1.29 is 0 Å². The summed E-state index contributed by atoms with van der Waals surface area (Å²) in [5, 5.41) is 11.2. The number of aryl methyl sites for hydroxylation is 2. The van der Waals surface area contributed by atoms with Crippen LogP contribution < -0.4 is 15.5 Å². The molecule has 0 amide bonds. The van der Waals surface area contributed by atoms with E-state index in [0.717, 1.165) is 29.6 Å². The van der Waals surface area contributed by atoms with Gasteiger partial charge in [0.1, 0.15) is 5.82 Å². The van der Waals surface area contributed by atoms with Crippen LogP contribution in [0.4, 0.5) is 5.82 Å². The zero-order valence-electron chi connectivity index (χ0n) is 16.5. The third-order valence-corrected chi connectivity index (χ3v) is 4.12. The molecule has 0 saturated carbocycles. The molecule has 2 aromatic rings. The van der Waals surface area contributed by atoms with Crippen LogP contribution in [0.2, 0.25) is 0 Å². The first-order chi connectivity index (χ1) is 11.9. The van der Waals surface area contributed by atoms with Gasteiger partial charge in [0.05, 0.1) is 12.2 Å². The second-order valence-corrected chi connectivity index (χ2v) is 6.24. The SMILES string of the molecule is CCNC(=NCc1ccnc(N(C)C)c1)NCc1c(C)nn(C)c1C.I. The van der Waals surface area contributed by atoms with Gasteiger partial charge in [0.15, 0.2) is 5.96 Å². The second-order valence-electron chi connectivity index (χ2n) is 6.24. The van der Waals surface area contributed by atoms with Gasteiger partial charge in [0, 0.05) is 51.7 Å². The highest BCUT2D eigenvalue weighted by Gasteiger charge is 2.09. The van der Waals surface area contributed by atoms with Gasteiger partial charge in [-0.15, -0.1) is 24.0 Å². The molecule has 26 heavy (non-hydrogen) atoms. The maximum absolute atomic E-state index is 4.69. The summed E-state index contributed by atoms with van der Waals surface area (Å²) in [6.07, 6.45) is 1.82. The minimum atomic E-state index is 0. The summed E-state index contributed by atoms with van der Waals surface area (Å²) in [6, 6.07) is 4.05. The predicted molar refractivity (Wildman–Crippen MR) is 118 cm³/mol. The van der Waals surface area contributed by atoms with Crippen molar-refractivity contribution in [3.8, 4) is 0 Å². The fourth-order valence-corrected chi connectivity index (χ4v) is 2.56. The molecule has 0 atom stereocenters. The number of nitrogens with one attached hydrogen (secondary N) is 2. The molecule has 2 rings (SSSR count). The van der Waals surface area contributed by atoms with Crippen LogP contribution in [0, 0.1) is 13.8 Å². The van der Waals surface area contributed by atoms with E-state index in [9.17, 15) is 0 Å². The molecular formula is C18H30IN7. The van der Waals surface area contributed by atoms with Crippen LogP contribution in [0.25, 0.3) is 0 Å². The molecule has 0 spiro atoms. The third kappa shape index (κ3) is 5.86. The summed E-state index contributed by atoms with van der Waals surface area (Å²) in [5.41, 5.74) is 4.57. The maximum atomic E-state index is 4.69. The molecule has 8 heteroatoms. The van der Waals surface area contributed by atoms with E-state index in [1.165, 1.54) is 11.3 Å². The maximum Gasteiger partial charge on any atom is 0.191 e. The quantitative estimate of drug-likeness (QED) is 0.385. The Morgan fingerprint density at radius 2 is 2.00 bits per heavy atom. The van der Waals surface area contributed by atoms with Gasteiger partial charge in [-0.2, -0.15) is 5.10 Å². The van der Waals surface area contributed by atoms with Gasteiger partial charge in [-0.05, 0) is 38.5 Å². The lowest BCUT2D eigenvalue weighted by atomic mass is 10.2. The number of aromatic nitrogens is 3. The Hall–Kier alpha value is -1.84. The van der Waals surface area contributed by atoms with E-state index in [2.05, 4.69) is 45.6 Å². The standard InChI is InChI=1S/C18H29N7.HI/c1-7-19-18(22-12-16-13(2)23-25(6)14(16)3)21-11-15-8-9-20-17(10-15)24(4)5;/h8-10H,7,11-12H2,1-6H3,(H2,19,21,22);1H. The average molecular weight is 471 g/mol. The summed E-state index contributed by atoms with van der Waals surface area (Å²) >= 11 is 0. The van der Waals surface area contributed by atoms with Crippen LogP contribution in [0.15, 0.2) is 23.3 Å². The lowest BCUT2D eigenvalue weighted by Gasteiger charge is -2.13. The Labute approximate surface area is 173 Å². The highest BCUT2D eigenvalue weighted by atomic mass is 127. The van der Waals surface area contributed by atoms with Crippen molar-refractivity contribution >= 4 is 35.8 Å². The number of hydrogen-bond acceptors (Lipinski definition) is 4. The molecule has 0 fully saturated rings. The van der Waals surface area contributed by atoms with Gasteiger partial charge in [-0.3, -0.25) is 4.68 Å². The second kappa shape index (κ2) is 10.3. The fourth-order valence-electron chi connectivity index (χ4n) is 2.56. The van der Waals surface area contributed by atoms with Crippen molar-refractivity contribution in [2.45, 2.75) is 33.9 Å². The molecule has 0 aliphatic rings. The molecule has 0 aliphatic carbocycles. The van der Waals surface area contributed by atoms with Crippen molar-refractivity contribution in [1.29, 1.82) is 0 Å². The van der Waals surface area contributed by atoms with E-state index >= 15 is 0 Å². The highest BCUT2D eigenvalue weighted by molar-refractivity contribution is 14.0. The normalized spacial score (nSPS) is 11.1. The topological polar surface area (TPSA) is 70.4 Å². The number of pyridine rings is 1. The number of rotatable bonds is 6. The lowest BCUT2D eigenvalue weighted by Crippen LogP contribution is -2.37. The Balaban J connectivity index is 0.00000338. The van der Waals surface area contributed by atoms with Crippen molar-refractivity contribution in [2.75, 3.05) is 25.5 Å². The molecule has 2 N–H and O–H groups in total. The molecule has 0 unspecified atom stereocenters. The number of guanidine groups is 1. The fraction of sp³-hybridized carbons (Fsp3) is 0.500. The highest BCUT2D eigenvalue weighted by Crippen LogP contribution is 2.12. The van der Waals surface area contributed by atoms with Crippen LogP contribution in [0.5, 0.6) is 0 Å². The summed E-state index contributed by atoms with van der Waals surface area (Å²) < 4.78 is 1.91. The first-order valence-corrected chi connectivity index (χ1v) is 8.55. The van der Waals surface area contributed by atoms with Crippen LogP contribution >= 0.6 is 24.0 Å². The molecule has 2 aromatic heterocycles. The first-order valence-electron chi connectivity index (χ1n) is 8.55. The Morgan fingerprint density at radius 1 is 1.27 bits per heavy atom. The van der Waals surface area contributed by atoms with E-state index in [1.807, 2.05) is 49.9 Å². The van der Waals surface area contributed by atoms with E-state index in [1.54, 1.807) is 0 Å². The number of halogens is 1. The van der Waals surface area contributed by atoms with Gasteiger partial charge in [0.25, 0.3) is 0 Å². The molecule has 0 aromatic carbocycles. The van der Waals surface area contributed by atoms with Crippen molar-refractivity contribution in [3.05, 3.63) is 40.8 Å². The molecular weight excluding hydrogens is 441 g/mol. The van der Waals surface area contributed by atoms with E-state index < -0.39 is 0 Å². The number of anilines is 1. The Bertz CT molecular complexity index is 737. The van der Waals surface area contributed by atoms with Crippen LogP contribution in [-0.4, -0.2) is 41.4 Å². The van der Waals surface area contributed by atoms with Crippen LogP contribution in [-0.2, 0) is 20.1 Å². The van der Waals surface area contributed by atoms with Gasteiger partial charge in [0.2, 0.25) is 0 Å². The number of nitrogens with zero attached hydrogens (tertiary/aromatic N) is 5. The first kappa shape index (κ1) is 22.2. The van der Waals surface area contributed by atoms with E-state index in [-0.39, 0.29) is 24.0 Å². The summed E-state index contributed by atoms with van der Waals surface area (Å²) in [4.78, 5) is 11.0. The zero-order chi connectivity index (χ0) is 18.4. The van der Waals surface area contributed by atoms with E-state index in [0.29, 0.717) is 13.1 Å². The lowest BCUT2D eigenvalue weighted by molar-refractivity contribution is 0.728. The minimum Gasteiger partial charge on any atom is -0.363 e. The number of aliphatic imine (C=N–C) groups is 1. The monoisotopic (exact) mass is 471 g/mol. The molecule has 2 heterocycles. The number of hydrogen-bond donors (Lipinski definition) is 2. The smallest absolute Gasteiger partial charge is 0.191 e. The molecule has 7 nitrogen and oxygen atoms in total. The van der Waals surface area contributed by atoms with Gasteiger partial charge in [-0.1, -0.05) is 0 Å². The van der Waals surface area contributed by atoms with Crippen LogP contribution in [0.3, 0.4) is 0 Å². The van der Waals surface area contributed by atoms with Gasteiger partial charge < -0.3 is 15.5 Å². The summed E-state index contributed by atoms with van der Waals surface area (Å²) in [6.45, 7) is 8.31. The van der Waals surface area contributed by atoms with E-state index in [4.69, 9.17) is 0 Å². The molecule has 0 bridgehead atoms. The van der Waals surface area contributed by atoms with Crippen LogP contribution in [0.1, 0.15) is 29.4 Å². The molecule has 144 valence electrons. The third-order valence-electron chi connectivity index (χ3n) is 4.12. The largest absolute Gasteiger partial charge is 0.363 e. The van der Waals surface area contributed by atoms with Gasteiger partial charge >= 0.3 is 0 Å². The van der Waals surface area contributed by atoms with Gasteiger partial charge in [-0.25, -0.2) is 9.98 Å². The molecule has 0 radical (unpaired) electrons. The van der Waals surface area contributed by atoms with Crippen molar-refractivity contribution in [1.82, 2.24) is 25.4 Å². The predicted octanol–water partition coefficient (Wildman–Crippen LogP) is 2.37. The average Bonchev–Trinajstić information content (AvgIpc) is 2.83. The molecule has 0 aliphatic heterocycles. The van der Waals surface area contributed by atoms with Crippen molar-refractivity contribution in [2.24, 2.45) is 12.0 Å². The minimum absolute atomic E-state index is 0. The zero-order valence-corrected chi connectivity index (χ0v) is 18.8. The summed E-state index contributed by atoms with van der Waals surface area (Å²) in [7, 11) is 5.94. The van der Waals surface area contributed by atoms with Crippen molar-refractivity contribution in [3.63, 3.8) is 0 Å². The summed E-state index contributed by atoms with van der Waals surface area (Å²) in [5.74, 6) is 1.74.